The number of carbonyl (C=O) groups excluding carboxylic acids is 1. The minimum absolute atomic E-state index is 0.0355. The quantitative estimate of drug-likeness (QED) is 0.300. The molecule has 0 aliphatic carbocycles. The summed E-state index contributed by atoms with van der Waals surface area (Å²) in [5.41, 5.74) is -0.140. The van der Waals surface area contributed by atoms with E-state index in [1.165, 1.54) is 6.07 Å². The highest BCUT2D eigenvalue weighted by atomic mass is 19.1. The van der Waals surface area contributed by atoms with Crippen molar-refractivity contribution in [2.45, 2.75) is 33.1 Å². The van der Waals surface area contributed by atoms with Crippen LogP contribution in [-0.4, -0.2) is 32.2 Å². The summed E-state index contributed by atoms with van der Waals surface area (Å²) in [4.78, 5) is 29.8. The van der Waals surface area contributed by atoms with Gasteiger partial charge in [0.15, 0.2) is 11.6 Å². The van der Waals surface area contributed by atoms with E-state index < -0.39 is 22.3 Å². The van der Waals surface area contributed by atoms with Gasteiger partial charge in [-0.05, 0) is 18.4 Å². The number of non-ortho nitro benzene ring substituents is 1. The smallest absolute Gasteiger partial charge is 0.272 e. The Morgan fingerprint density at radius 3 is 2.70 bits per heavy atom. The Labute approximate surface area is 171 Å². The lowest BCUT2D eigenvalue weighted by atomic mass is 9.95. The van der Waals surface area contributed by atoms with Crippen molar-refractivity contribution in [1.82, 2.24) is 9.97 Å². The number of hydrogen-bond acceptors (Lipinski definition) is 8. The van der Waals surface area contributed by atoms with Crippen molar-refractivity contribution in [2.75, 3.05) is 5.32 Å². The van der Waals surface area contributed by atoms with Crippen LogP contribution in [0.25, 0.3) is 0 Å². The van der Waals surface area contributed by atoms with Gasteiger partial charge in [-0.15, -0.1) is 0 Å². The number of nitro benzene ring substituents is 1. The average Bonchev–Trinajstić information content (AvgIpc) is 2.69. The van der Waals surface area contributed by atoms with E-state index in [1.54, 1.807) is 6.92 Å². The van der Waals surface area contributed by atoms with Crippen LogP contribution in [-0.2, 0) is 4.79 Å². The number of rotatable bonds is 10. The van der Waals surface area contributed by atoms with Gasteiger partial charge >= 0.3 is 0 Å². The average molecular weight is 416 g/mol. The van der Waals surface area contributed by atoms with Gasteiger partial charge in [0.25, 0.3) is 11.6 Å². The zero-order chi connectivity index (χ0) is 22.3. The van der Waals surface area contributed by atoms with Gasteiger partial charge in [-0.3, -0.25) is 20.3 Å². The molecule has 1 atom stereocenters. The number of ether oxygens (including phenoxy) is 1. The largest absolute Gasteiger partial charge is 0.436 e. The molecule has 1 aromatic carbocycles. The predicted molar refractivity (Wildman–Crippen MR) is 108 cm³/mol. The number of anilines is 1. The molecule has 0 unspecified atom stereocenters. The molecular formula is C19H21FN6O4. The summed E-state index contributed by atoms with van der Waals surface area (Å²) in [7, 11) is 0. The van der Waals surface area contributed by atoms with Gasteiger partial charge in [-0.2, -0.15) is 0 Å². The maximum Gasteiger partial charge on any atom is 0.272 e. The van der Waals surface area contributed by atoms with Gasteiger partial charge < -0.3 is 15.5 Å². The number of benzene rings is 1. The molecule has 0 saturated heterocycles. The summed E-state index contributed by atoms with van der Waals surface area (Å²) in [6, 6.07) is 4.13. The van der Waals surface area contributed by atoms with Gasteiger partial charge in [0.1, 0.15) is 12.1 Å². The van der Waals surface area contributed by atoms with Crippen LogP contribution in [0.1, 0.15) is 33.1 Å². The molecule has 3 N–H and O–H groups in total. The highest BCUT2D eigenvalue weighted by Gasteiger charge is 2.18. The molecule has 1 aromatic heterocycles. The third-order valence-electron chi connectivity index (χ3n) is 4.12. The number of carbonyl (C=O) groups is 1. The first-order chi connectivity index (χ1) is 14.2. The first kappa shape index (κ1) is 22.5. The van der Waals surface area contributed by atoms with E-state index >= 15 is 0 Å². The molecule has 11 heteroatoms. The lowest BCUT2D eigenvalue weighted by Crippen LogP contribution is -2.26. The summed E-state index contributed by atoms with van der Waals surface area (Å²) in [5.74, 6) is -2.20. The number of nitrogens with one attached hydrogen (secondary N) is 3. The molecule has 30 heavy (non-hydrogen) atoms. The van der Waals surface area contributed by atoms with Gasteiger partial charge in [-0.25, -0.2) is 14.4 Å². The first-order valence-electron chi connectivity index (χ1n) is 9.11. The first-order valence-corrected chi connectivity index (χ1v) is 9.11. The van der Waals surface area contributed by atoms with E-state index in [0.717, 1.165) is 30.9 Å². The van der Waals surface area contributed by atoms with Crippen molar-refractivity contribution in [2.24, 2.45) is 5.92 Å². The normalized spacial score (nSPS) is 11.4. The fourth-order valence-electron chi connectivity index (χ4n) is 2.49. The van der Waals surface area contributed by atoms with Crippen molar-refractivity contribution < 1.29 is 18.8 Å². The molecular weight excluding hydrogens is 395 g/mol. The van der Waals surface area contributed by atoms with E-state index in [-0.39, 0.29) is 35.5 Å². The van der Waals surface area contributed by atoms with E-state index in [4.69, 9.17) is 15.6 Å². The van der Waals surface area contributed by atoms with Crippen LogP contribution in [0.15, 0.2) is 30.6 Å². The minimum atomic E-state index is -0.946. The van der Waals surface area contributed by atoms with Gasteiger partial charge in [-0.1, -0.05) is 20.3 Å². The molecule has 0 bridgehead atoms. The Morgan fingerprint density at radius 1 is 1.33 bits per heavy atom. The predicted octanol–water partition coefficient (Wildman–Crippen LogP) is 4.12. The summed E-state index contributed by atoms with van der Waals surface area (Å²) < 4.78 is 19.2. The molecule has 10 nitrogen and oxygen atoms in total. The summed E-state index contributed by atoms with van der Waals surface area (Å²) in [6.07, 6.45) is 2.63. The third kappa shape index (κ3) is 6.12. The minimum Gasteiger partial charge on any atom is -0.436 e. The zero-order valence-electron chi connectivity index (χ0n) is 16.4. The van der Waals surface area contributed by atoms with Crippen LogP contribution in [0.3, 0.4) is 0 Å². The van der Waals surface area contributed by atoms with Crippen LogP contribution < -0.4 is 10.1 Å². The van der Waals surface area contributed by atoms with Crippen LogP contribution in [0.2, 0.25) is 0 Å². The Hall–Kier alpha value is -3.76. The maximum absolute atomic E-state index is 14.0. The summed E-state index contributed by atoms with van der Waals surface area (Å²) in [5, 5.41) is 28.9. The second-order valence-corrected chi connectivity index (χ2v) is 6.53. The molecule has 0 aliphatic heterocycles. The highest BCUT2D eigenvalue weighted by Crippen LogP contribution is 2.27. The van der Waals surface area contributed by atoms with Gasteiger partial charge in [0.05, 0.1) is 16.7 Å². The molecule has 0 spiro atoms. The molecule has 0 saturated carbocycles. The van der Waals surface area contributed by atoms with Crippen LogP contribution in [0.5, 0.6) is 11.6 Å². The molecule has 2 rings (SSSR count). The van der Waals surface area contributed by atoms with Crippen LogP contribution in [0.4, 0.5) is 15.9 Å². The van der Waals surface area contributed by atoms with E-state index in [2.05, 4.69) is 15.3 Å². The standard InChI is InChI=1S/C19H21FN6O4/c1-3-4-14(21)11(2)7-15(22)19(27)25-17-9-18(24-10-23-17)30-16-6-5-12(26(28)29)8-13(16)20/h5-6,8-11,21-22H,3-4,7H2,1-2H3,(H,23,24,25,27)/t11-/m0/s1. The van der Waals surface area contributed by atoms with Gasteiger partial charge in [0, 0.05) is 24.3 Å². The van der Waals surface area contributed by atoms with E-state index in [9.17, 15) is 19.3 Å². The lowest BCUT2D eigenvalue weighted by Gasteiger charge is -2.13. The number of hydrogen-bond donors (Lipinski definition) is 3. The van der Waals surface area contributed by atoms with E-state index in [1.807, 2.05) is 6.92 Å². The van der Waals surface area contributed by atoms with Crippen LogP contribution in [0, 0.1) is 32.7 Å². The molecule has 158 valence electrons. The Morgan fingerprint density at radius 2 is 2.07 bits per heavy atom. The Bertz CT molecular complexity index is 981. The molecule has 2 aromatic rings. The fourth-order valence-corrected chi connectivity index (χ4v) is 2.49. The van der Waals surface area contributed by atoms with E-state index in [0.29, 0.717) is 12.1 Å². The maximum atomic E-state index is 14.0. The molecule has 0 radical (unpaired) electrons. The number of nitrogens with zero attached hydrogens (tertiary/aromatic N) is 3. The summed E-state index contributed by atoms with van der Waals surface area (Å²) in [6.45, 7) is 3.74. The number of aromatic nitrogens is 2. The SMILES string of the molecule is CCCC(=N)[C@@H](C)CC(=N)C(=O)Nc1cc(Oc2ccc([N+](=O)[O-])cc2F)ncn1. The second kappa shape index (κ2) is 10.1. The topological polar surface area (TPSA) is 155 Å². The number of halogens is 1. The van der Waals surface area contributed by atoms with Crippen molar-refractivity contribution in [3.8, 4) is 11.6 Å². The van der Waals surface area contributed by atoms with Crippen molar-refractivity contribution in [3.05, 3.63) is 46.5 Å². The molecule has 1 amide bonds. The lowest BCUT2D eigenvalue weighted by molar-refractivity contribution is -0.385. The third-order valence-corrected chi connectivity index (χ3v) is 4.12. The van der Waals surface area contributed by atoms with Crippen molar-refractivity contribution in [1.29, 1.82) is 10.8 Å². The monoisotopic (exact) mass is 416 g/mol. The fraction of sp³-hybridized carbons (Fsp3) is 0.316. The molecule has 0 fully saturated rings. The Kier molecular flexibility index (Phi) is 7.62. The van der Waals surface area contributed by atoms with Gasteiger partial charge in [0.2, 0.25) is 5.88 Å². The van der Waals surface area contributed by atoms with Crippen molar-refractivity contribution >= 4 is 28.8 Å². The molecule has 1 heterocycles. The second-order valence-electron chi connectivity index (χ2n) is 6.53. The zero-order valence-corrected chi connectivity index (χ0v) is 16.4. The number of amides is 1. The summed E-state index contributed by atoms with van der Waals surface area (Å²) >= 11 is 0. The van der Waals surface area contributed by atoms with Crippen molar-refractivity contribution in [3.63, 3.8) is 0 Å². The van der Waals surface area contributed by atoms with Crippen LogP contribution >= 0.6 is 0 Å². The molecule has 0 aliphatic rings. The highest BCUT2D eigenvalue weighted by molar-refractivity contribution is 6.42. The Balaban J connectivity index is 2.03. The number of nitro groups is 1.